The second-order valence-corrected chi connectivity index (χ2v) is 12.3. The average molecular weight is 596 g/mol. The Morgan fingerprint density at radius 3 is 2.35 bits per heavy atom. The first-order valence-electron chi connectivity index (χ1n) is 13.5. The van der Waals surface area contributed by atoms with Crippen molar-refractivity contribution in [3.8, 4) is 39.8 Å². The van der Waals surface area contributed by atoms with E-state index in [-0.39, 0.29) is 5.91 Å². The van der Waals surface area contributed by atoms with E-state index in [4.69, 9.17) is 13.6 Å². The molecular formula is C33H29N3O6S. The van der Waals surface area contributed by atoms with Gasteiger partial charge in [0.25, 0.3) is 5.91 Å². The predicted molar refractivity (Wildman–Crippen MR) is 168 cm³/mol. The zero-order valence-electron chi connectivity index (χ0n) is 24.3. The van der Waals surface area contributed by atoms with Crippen molar-refractivity contribution in [2.24, 2.45) is 0 Å². The first-order valence-corrected chi connectivity index (χ1v) is 15.3. The summed E-state index contributed by atoms with van der Waals surface area (Å²) in [6, 6.07) is 24.2. The van der Waals surface area contributed by atoms with Crippen molar-refractivity contribution in [3.05, 3.63) is 90.0 Å². The van der Waals surface area contributed by atoms with E-state index in [1.807, 2.05) is 67.6 Å². The number of carbonyl (C=O) groups is 1. The molecule has 3 aromatic carbocycles. The van der Waals surface area contributed by atoms with Gasteiger partial charge >= 0.3 is 0 Å². The molecule has 0 saturated heterocycles. The number of sulfonamides is 1. The zero-order valence-corrected chi connectivity index (χ0v) is 25.1. The largest absolute Gasteiger partial charge is 0.481 e. The van der Waals surface area contributed by atoms with Gasteiger partial charge in [-0.2, -0.15) is 0 Å². The number of aromatic nitrogens is 1. The third-order valence-corrected chi connectivity index (χ3v) is 8.60. The summed E-state index contributed by atoms with van der Waals surface area (Å²) >= 11 is 0. The smallest absolute Gasteiger partial charge is 0.255 e. The Morgan fingerprint density at radius 1 is 0.930 bits per heavy atom. The lowest BCUT2D eigenvalue weighted by Crippen LogP contribution is -2.25. The van der Waals surface area contributed by atoms with Crippen molar-refractivity contribution in [2.45, 2.75) is 6.92 Å². The van der Waals surface area contributed by atoms with E-state index in [2.05, 4.69) is 10.3 Å². The van der Waals surface area contributed by atoms with Crippen LogP contribution in [0.1, 0.15) is 15.9 Å². The molecule has 6 aromatic rings. The molecule has 1 amide bonds. The van der Waals surface area contributed by atoms with Crippen molar-refractivity contribution >= 4 is 43.6 Å². The summed E-state index contributed by atoms with van der Waals surface area (Å²) in [5.74, 6) is 0.936. The van der Waals surface area contributed by atoms with Gasteiger partial charge in [0.1, 0.15) is 22.7 Å². The van der Waals surface area contributed by atoms with Gasteiger partial charge in [0.05, 0.1) is 30.3 Å². The van der Waals surface area contributed by atoms with E-state index in [1.54, 1.807) is 25.2 Å². The number of anilines is 1. The van der Waals surface area contributed by atoms with Crippen LogP contribution in [0.3, 0.4) is 0 Å². The van der Waals surface area contributed by atoms with Gasteiger partial charge in [-0.3, -0.25) is 9.10 Å². The van der Waals surface area contributed by atoms with Crippen LogP contribution in [-0.4, -0.2) is 46.8 Å². The minimum Gasteiger partial charge on any atom is -0.481 e. The molecule has 3 heterocycles. The van der Waals surface area contributed by atoms with Gasteiger partial charge in [0.2, 0.25) is 15.9 Å². The van der Waals surface area contributed by atoms with Crippen LogP contribution in [-0.2, 0) is 10.0 Å². The molecule has 218 valence electrons. The molecule has 10 heteroatoms. The molecule has 3 aromatic heterocycles. The number of fused-ring (bicyclic) bond motifs is 2. The van der Waals surface area contributed by atoms with Crippen LogP contribution in [0.2, 0.25) is 0 Å². The van der Waals surface area contributed by atoms with Crippen LogP contribution in [0.5, 0.6) is 5.88 Å². The molecule has 9 nitrogen and oxygen atoms in total. The number of pyridine rings is 1. The molecule has 0 bridgehead atoms. The molecule has 0 fully saturated rings. The lowest BCUT2D eigenvalue weighted by molar-refractivity contribution is 0.0964. The molecule has 0 aliphatic heterocycles. The van der Waals surface area contributed by atoms with Crippen molar-refractivity contribution in [3.63, 3.8) is 0 Å². The minimum absolute atomic E-state index is 0.306. The fourth-order valence-corrected chi connectivity index (χ4v) is 5.56. The fraction of sp³-hybridized carbons (Fsp3) is 0.152. The number of furan rings is 2. The van der Waals surface area contributed by atoms with Gasteiger partial charge in [0, 0.05) is 53.7 Å². The molecule has 0 atom stereocenters. The van der Waals surface area contributed by atoms with Crippen molar-refractivity contribution in [2.75, 3.05) is 31.8 Å². The van der Waals surface area contributed by atoms with E-state index in [9.17, 15) is 13.2 Å². The second-order valence-electron chi connectivity index (χ2n) is 10.3. The van der Waals surface area contributed by atoms with Crippen molar-refractivity contribution < 1.29 is 26.8 Å². The Hall–Kier alpha value is -5.09. The highest BCUT2D eigenvalue weighted by atomic mass is 32.2. The van der Waals surface area contributed by atoms with Gasteiger partial charge in [-0.1, -0.05) is 48.0 Å². The van der Waals surface area contributed by atoms with Crippen LogP contribution >= 0.6 is 0 Å². The van der Waals surface area contributed by atoms with Crippen molar-refractivity contribution in [1.82, 2.24) is 10.3 Å². The van der Waals surface area contributed by atoms with Gasteiger partial charge in [-0.05, 0) is 31.2 Å². The third kappa shape index (κ3) is 5.10. The predicted octanol–water partition coefficient (Wildman–Crippen LogP) is 6.65. The van der Waals surface area contributed by atoms with Crippen LogP contribution < -0.4 is 14.4 Å². The van der Waals surface area contributed by atoms with Crippen LogP contribution in [0.25, 0.3) is 55.8 Å². The minimum atomic E-state index is -3.70. The summed E-state index contributed by atoms with van der Waals surface area (Å²) in [6.45, 7) is 1.97. The highest BCUT2D eigenvalue weighted by Gasteiger charge is 2.27. The number of hydrogen-bond acceptors (Lipinski definition) is 7. The quantitative estimate of drug-likeness (QED) is 0.220. The number of ether oxygens (including phenoxy) is 1. The highest BCUT2D eigenvalue weighted by Crippen LogP contribution is 2.42. The number of aryl methyl sites for hydroxylation is 1. The maximum Gasteiger partial charge on any atom is 0.255 e. The maximum atomic E-state index is 13.3. The molecule has 0 aliphatic rings. The highest BCUT2D eigenvalue weighted by molar-refractivity contribution is 7.92. The topological polar surface area (TPSA) is 115 Å². The van der Waals surface area contributed by atoms with Crippen LogP contribution in [0.4, 0.5) is 5.69 Å². The molecule has 0 radical (unpaired) electrons. The Kier molecular flexibility index (Phi) is 6.94. The van der Waals surface area contributed by atoms with E-state index in [0.717, 1.165) is 27.1 Å². The normalized spacial score (nSPS) is 11.7. The van der Waals surface area contributed by atoms with Gasteiger partial charge < -0.3 is 18.9 Å². The number of rotatable bonds is 7. The molecule has 6 rings (SSSR count). The third-order valence-electron chi connectivity index (χ3n) is 7.41. The molecule has 0 spiro atoms. The van der Waals surface area contributed by atoms with Gasteiger partial charge in [-0.15, -0.1) is 0 Å². The van der Waals surface area contributed by atoms with E-state index < -0.39 is 10.0 Å². The number of carbonyl (C=O) groups excluding carboxylic acids is 1. The summed E-state index contributed by atoms with van der Waals surface area (Å²) in [5.41, 5.74) is 5.06. The first-order chi connectivity index (χ1) is 20.6. The molecule has 0 aliphatic carbocycles. The number of methoxy groups -OCH3 is 1. The molecule has 0 saturated carbocycles. The van der Waals surface area contributed by atoms with E-state index in [0.29, 0.717) is 62.0 Å². The van der Waals surface area contributed by atoms with E-state index >= 15 is 0 Å². The number of amides is 1. The average Bonchev–Trinajstić information content (AvgIpc) is 3.61. The van der Waals surface area contributed by atoms with E-state index in [1.165, 1.54) is 14.2 Å². The number of para-hydroxylation sites is 1. The second kappa shape index (κ2) is 10.6. The molecule has 43 heavy (non-hydrogen) atoms. The zero-order chi connectivity index (χ0) is 30.5. The van der Waals surface area contributed by atoms with Gasteiger partial charge in [0.15, 0.2) is 0 Å². The van der Waals surface area contributed by atoms with Crippen LogP contribution in [0, 0.1) is 6.92 Å². The monoisotopic (exact) mass is 595 g/mol. The number of nitrogens with one attached hydrogen (secondary N) is 1. The summed E-state index contributed by atoms with van der Waals surface area (Å²) in [6.07, 6.45) is 1.12. The Balaban J connectivity index is 1.64. The Bertz CT molecular complexity index is 2100. The Morgan fingerprint density at radius 2 is 1.67 bits per heavy atom. The van der Waals surface area contributed by atoms with Crippen LogP contribution in [0.15, 0.2) is 87.7 Å². The fourth-order valence-electron chi connectivity index (χ4n) is 5.05. The maximum absolute atomic E-state index is 13.3. The summed E-state index contributed by atoms with van der Waals surface area (Å²) in [4.78, 5) is 18.0. The standard InChI is InChI=1S/C33H29N3O6S/c1-19-10-12-20(13-11-19)32-31(33(37)34-2)24-17-23(26(18-29(24)42-32)36(3)43(5,38)39)25-14-22(16-30(35-25)40-4)28-15-21-8-6-7-9-27(21)41-28/h6-18H,1-5H3,(H,34,37). The number of hydrogen-bond donors (Lipinski definition) is 1. The summed E-state index contributed by atoms with van der Waals surface area (Å²) in [7, 11) is 0.826. The number of benzene rings is 3. The van der Waals surface area contributed by atoms with Crippen molar-refractivity contribution in [1.29, 1.82) is 0 Å². The molecule has 0 unspecified atom stereocenters. The lowest BCUT2D eigenvalue weighted by Gasteiger charge is -2.20. The number of nitrogens with zero attached hydrogens (tertiary/aromatic N) is 2. The lowest BCUT2D eigenvalue weighted by atomic mass is 9.99. The summed E-state index contributed by atoms with van der Waals surface area (Å²) < 4.78 is 44.7. The molecule has 1 N–H and O–H groups in total. The molecular weight excluding hydrogens is 566 g/mol. The SMILES string of the molecule is CNC(=O)c1c(-c2ccc(C)cc2)oc2cc(N(C)S(C)(=O)=O)c(-c3cc(-c4cc5ccccc5o4)cc(OC)n3)cc12. The summed E-state index contributed by atoms with van der Waals surface area (Å²) in [5, 5.41) is 4.15. The Labute approximate surface area is 248 Å². The van der Waals surface area contributed by atoms with Gasteiger partial charge in [-0.25, -0.2) is 13.4 Å². The first kappa shape index (κ1) is 28.0.